The van der Waals surface area contributed by atoms with Crippen LogP contribution in [0.5, 0.6) is 0 Å². The second-order valence-corrected chi connectivity index (χ2v) is 5.91. The van der Waals surface area contributed by atoms with E-state index in [0.29, 0.717) is 12.3 Å². The average molecular weight is 264 g/mol. The minimum atomic E-state index is -0.0568. The number of likely N-dealkylation sites (N-methyl/N-ethyl adjacent to an activating group) is 1. The predicted molar refractivity (Wildman–Crippen MR) is 79.2 cm³/mol. The Balaban J connectivity index is 2.39. The van der Waals surface area contributed by atoms with Gasteiger partial charge in [0.15, 0.2) is 0 Å². The lowest BCUT2D eigenvalue weighted by molar-refractivity contribution is -0.123. The third-order valence-corrected chi connectivity index (χ3v) is 2.88. The van der Waals surface area contributed by atoms with Gasteiger partial charge in [0.05, 0.1) is 0 Å². The molecule has 0 spiro atoms. The maximum absolute atomic E-state index is 11.9. The van der Waals surface area contributed by atoms with Gasteiger partial charge < -0.3 is 15.4 Å². The van der Waals surface area contributed by atoms with Crippen molar-refractivity contribution < 1.29 is 9.53 Å². The molecule has 4 nitrogen and oxygen atoms in total. The zero-order chi connectivity index (χ0) is 14.5. The summed E-state index contributed by atoms with van der Waals surface area (Å²) in [7, 11) is 1.74. The molecule has 0 aliphatic carbocycles. The molecule has 0 heterocycles. The fourth-order valence-electron chi connectivity index (χ4n) is 1.48. The molecule has 0 unspecified atom stereocenters. The summed E-state index contributed by atoms with van der Waals surface area (Å²) >= 11 is 0. The van der Waals surface area contributed by atoms with Crippen molar-refractivity contribution in [1.29, 1.82) is 0 Å². The Morgan fingerprint density at radius 3 is 2.37 bits per heavy atom. The van der Waals surface area contributed by atoms with Crippen molar-refractivity contribution in [2.75, 3.05) is 30.9 Å². The van der Waals surface area contributed by atoms with Crippen molar-refractivity contribution in [3.8, 4) is 0 Å². The highest BCUT2D eigenvalue weighted by Gasteiger charge is 2.13. The zero-order valence-electron chi connectivity index (χ0n) is 12.3. The Morgan fingerprint density at radius 1 is 1.26 bits per heavy atom. The number of rotatable bonds is 5. The maximum Gasteiger partial charge on any atom is 0.252 e. The molecule has 2 N–H and O–H groups in total. The average Bonchev–Trinajstić information content (AvgIpc) is 2.33. The molecular weight excluding hydrogens is 240 g/mol. The number of hydrogen-bond donors (Lipinski definition) is 1. The van der Waals surface area contributed by atoms with E-state index >= 15 is 0 Å². The number of nitrogen functional groups attached to an aromatic ring is 1. The second-order valence-electron chi connectivity index (χ2n) is 5.91. The highest BCUT2D eigenvalue weighted by molar-refractivity contribution is 5.93. The molecule has 0 fully saturated rings. The van der Waals surface area contributed by atoms with Crippen LogP contribution in [-0.2, 0) is 9.53 Å². The first-order chi connectivity index (χ1) is 8.79. The highest BCUT2D eigenvalue weighted by Crippen LogP contribution is 2.18. The molecule has 0 radical (unpaired) electrons. The monoisotopic (exact) mass is 264 g/mol. The molecule has 0 aromatic heterocycles. The number of benzene rings is 1. The number of hydrogen-bond acceptors (Lipinski definition) is 3. The number of carbonyl (C=O) groups is 1. The quantitative estimate of drug-likeness (QED) is 0.657. The normalized spacial score (nSPS) is 11.4. The summed E-state index contributed by atoms with van der Waals surface area (Å²) in [5.41, 5.74) is 7.35. The van der Waals surface area contributed by atoms with E-state index in [1.54, 1.807) is 24.1 Å². The van der Waals surface area contributed by atoms with Crippen LogP contribution >= 0.6 is 0 Å². The minimum absolute atomic E-state index is 0.0568. The fourth-order valence-corrected chi connectivity index (χ4v) is 1.48. The first-order valence-corrected chi connectivity index (χ1v) is 6.49. The van der Waals surface area contributed by atoms with Gasteiger partial charge in [0.25, 0.3) is 5.91 Å². The van der Waals surface area contributed by atoms with Gasteiger partial charge in [0.2, 0.25) is 0 Å². The standard InChI is InChI=1S/C15H24N2O2/c1-15(2,3)9-10-19-11-14(18)17(4)13-7-5-12(16)6-8-13/h5-8H,9-11,16H2,1-4H3. The molecule has 0 atom stereocenters. The molecule has 19 heavy (non-hydrogen) atoms. The number of nitrogens with zero attached hydrogens (tertiary/aromatic N) is 1. The maximum atomic E-state index is 11.9. The third-order valence-electron chi connectivity index (χ3n) is 2.88. The van der Waals surface area contributed by atoms with Crippen LogP contribution in [0.15, 0.2) is 24.3 Å². The van der Waals surface area contributed by atoms with Crippen LogP contribution in [0.2, 0.25) is 0 Å². The van der Waals surface area contributed by atoms with Gasteiger partial charge in [-0.15, -0.1) is 0 Å². The van der Waals surface area contributed by atoms with E-state index in [4.69, 9.17) is 10.5 Å². The Labute approximate surface area is 115 Å². The number of carbonyl (C=O) groups excluding carboxylic acids is 1. The molecule has 1 aromatic rings. The summed E-state index contributed by atoms with van der Waals surface area (Å²) < 4.78 is 5.42. The third kappa shape index (κ3) is 5.75. The topological polar surface area (TPSA) is 55.6 Å². The van der Waals surface area contributed by atoms with Crippen molar-refractivity contribution in [1.82, 2.24) is 0 Å². The molecule has 1 aromatic carbocycles. The summed E-state index contributed by atoms with van der Waals surface area (Å²) in [4.78, 5) is 13.5. The van der Waals surface area contributed by atoms with E-state index in [2.05, 4.69) is 20.8 Å². The molecule has 1 rings (SSSR count). The second kappa shape index (κ2) is 6.57. The first-order valence-electron chi connectivity index (χ1n) is 6.49. The van der Waals surface area contributed by atoms with Crippen molar-refractivity contribution >= 4 is 17.3 Å². The first kappa shape index (κ1) is 15.5. The summed E-state index contributed by atoms with van der Waals surface area (Å²) in [5.74, 6) is -0.0568. The summed E-state index contributed by atoms with van der Waals surface area (Å²) in [6, 6.07) is 7.20. The number of ether oxygens (including phenoxy) is 1. The van der Waals surface area contributed by atoms with Crippen LogP contribution < -0.4 is 10.6 Å². The highest BCUT2D eigenvalue weighted by atomic mass is 16.5. The van der Waals surface area contributed by atoms with E-state index in [0.717, 1.165) is 12.1 Å². The molecule has 0 aliphatic rings. The lowest BCUT2D eigenvalue weighted by atomic mass is 9.93. The number of amides is 1. The molecular formula is C15H24N2O2. The summed E-state index contributed by atoms with van der Waals surface area (Å²) in [6.45, 7) is 7.16. The molecule has 4 heteroatoms. The Hall–Kier alpha value is -1.55. The van der Waals surface area contributed by atoms with E-state index in [1.165, 1.54) is 0 Å². The van der Waals surface area contributed by atoms with E-state index in [1.807, 2.05) is 12.1 Å². The van der Waals surface area contributed by atoms with Crippen LogP contribution in [0.1, 0.15) is 27.2 Å². The van der Waals surface area contributed by atoms with Gasteiger partial charge >= 0.3 is 0 Å². The van der Waals surface area contributed by atoms with Crippen molar-refractivity contribution in [2.45, 2.75) is 27.2 Å². The number of nitrogens with two attached hydrogens (primary N) is 1. The van der Waals surface area contributed by atoms with Gasteiger partial charge in [0, 0.05) is 25.0 Å². The molecule has 1 amide bonds. The van der Waals surface area contributed by atoms with Gasteiger partial charge in [-0.2, -0.15) is 0 Å². The van der Waals surface area contributed by atoms with Gasteiger partial charge in [0.1, 0.15) is 6.61 Å². The van der Waals surface area contributed by atoms with Gasteiger partial charge in [-0.05, 0) is 36.1 Å². The zero-order valence-corrected chi connectivity index (χ0v) is 12.3. The van der Waals surface area contributed by atoms with E-state index in [9.17, 15) is 4.79 Å². The minimum Gasteiger partial charge on any atom is -0.399 e. The largest absolute Gasteiger partial charge is 0.399 e. The Bertz CT molecular complexity index is 407. The van der Waals surface area contributed by atoms with Crippen LogP contribution in [0.4, 0.5) is 11.4 Å². The molecule has 0 aliphatic heterocycles. The van der Waals surface area contributed by atoms with Gasteiger partial charge in [-0.25, -0.2) is 0 Å². The SMILES string of the molecule is CN(C(=O)COCCC(C)(C)C)c1ccc(N)cc1. The smallest absolute Gasteiger partial charge is 0.252 e. The molecule has 0 saturated carbocycles. The van der Waals surface area contributed by atoms with Crippen LogP contribution in [-0.4, -0.2) is 26.2 Å². The molecule has 0 bridgehead atoms. The number of anilines is 2. The van der Waals surface area contributed by atoms with Crippen LogP contribution in [0, 0.1) is 5.41 Å². The predicted octanol–water partition coefficient (Wildman–Crippen LogP) is 2.68. The summed E-state index contributed by atoms with van der Waals surface area (Å²) in [6.07, 6.45) is 0.936. The molecule has 0 saturated heterocycles. The molecule has 106 valence electrons. The van der Waals surface area contributed by atoms with Crippen molar-refractivity contribution in [3.05, 3.63) is 24.3 Å². The van der Waals surface area contributed by atoms with Crippen LogP contribution in [0.3, 0.4) is 0 Å². The van der Waals surface area contributed by atoms with Gasteiger partial charge in [-0.1, -0.05) is 20.8 Å². The van der Waals surface area contributed by atoms with Crippen LogP contribution in [0.25, 0.3) is 0 Å². The fraction of sp³-hybridized carbons (Fsp3) is 0.533. The summed E-state index contributed by atoms with van der Waals surface area (Å²) in [5, 5.41) is 0. The van der Waals surface area contributed by atoms with Gasteiger partial charge in [-0.3, -0.25) is 4.79 Å². The van der Waals surface area contributed by atoms with Crippen molar-refractivity contribution in [3.63, 3.8) is 0 Å². The van der Waals surface area contributed by atoms with E-state index < -0.39 is 0 Å². The van der Waals surface area contributed by atoms with E-state index in [-0.39, 0.29) is 17.9 Å². The van der Waals surface area contributed by atoms with Crippen molar-refractivity contribution in [2.24, 2.45) is 5.41 Å². The Morgan fingerprint density at radius 2 is 1.84 bits per heavy atom. The lowest BCUT2D eigenvalue weighted by Gasteiger charge is -2.20. The Kier molecular flexibility index (Phi) is 5.36. The lowest BCUT2D eigenvalue weighted by Crippen LogP contribution is -2.30.